The van der Waals surface area contributed by atoms with Crippen LogP contribution in [0.3, 0.4) is 0 Å². The molecular formula is C12H19N3O. The fourth-order valence-electron chi connectivity index (χ4n) is 1.50. The second kappa shape index (κ2) is 6.23. The molecule has 1 atom stereocenters. The predicted molar refractivity (Wildman–Crippen MR) is 65.4 cm³/mol. The van der Waals surface area contributed by atoms with Crippen molar-refractivity contribution in [2.75, 3.05) is 11.9 Å². The van der Waals surface area contributed by atoms with Gasteiger partial charge in [-0.1, -0.05) is 6.92 Å². The maximum Gasteiger partial charge on any atom is 0.227 e. The van der Waals surface area contributed by atoms with E-state index in [-0.39, 0.29) is 11.9 Å². The van der Waals surface area contributed by atoms with Gasteiger partial charge >= 0.3 is 0 Å². The number of nitrogens with zero attached hydrogens (tertiary/aromatic N) is 1. The molecule has 1 aromatic rings. The Morgan fingerprint density at radius 2 is 2.31 bits per heavy atom. The van der Waals surface area contributed by atoms with Gasteiger partial charge in [0.15, 0.2) is 0 Å². The molecule has 1 aromatic heterocycles. The highest BCUT2D eigenvalue weighted by molar-refractivity contribution is 5.90. The molecule has 0 radical (unpaired) electrons. The minimum atomic E-state index is -0.00782. The maximum atomic E-state index is 11.6. The quantitative estimate of drug-likeness (QED) is 0.796. The molecule has 4 heteroatoms. The Labute approximate surface area is 96.5 Å². The van der Waals surface area contributed by atoms with E-state index in [4.69, 9.17) is 0 Å². The first-order valence-corrected chi connectivity index (χ1v) is 5.57. The van der Waals surface area contributed by atoms with Crippen molar-refractivity contribution in [2.24, 2.45) is 0 Å². The fraction of sp³-hybridized carbons (Fsp3) is 0.500. The third-order valence-electron chi connectivity index (χ3n) is 2.23. The van der Waals surface area contributed by atoms with Crippen LogP contribution in [0.5, 0.6) is 0 Å². The third kappa shape index (κ3) is 4.40. The number of hydrogen-bond donors (Lipinski definition) is 2. The highest BCUT2D eigenvalue weighted by Gasteiger charge is 2.08. The minimum absolute atomic E-state index is 0.00782. The summed E-state index contributed by atoms with van der Waals surface area (Å²) in [5, 5.41) is 5.97. The summed E-state index contributed by atoms with van der Waals surface area (Å²) < 4.78 is 0. The van der Waals surface area contributed by atoms with E-state index in [9.17, 15) is 4.79 Å². The molecule has 0 saturated carbocycles. The van der Waals surface area contributed by atoms with E-state index in [1.807, 2.05) is 32.9 Å². The lowest BCUT2D eigenvalue weighted by Crippen LogP contribution is -2.30. The SMILES string of the molecule is CCNC(C)CC(=O)Nc1cc(C)ccn1. The molecule has 1 unspecified atom stereocenters. The standard InChI is InChI=1S/C12H19N3O/c1-4-13-10(3)8-12(16)15-11-7-9(2)5-6-14-11/h5-7,10,13H,4,8H2,1-3H3,(H,14,15,16). The van der Waals surface area contributed by atoms with E-state index in [1.54, 1.807) is 6.20 Å². The van der Waals surface area contributed by atoms with E-state index < -0.39 is 0 Å². The second-order valence-corrected chi connectivity index (χ2v) is 3.93. The normalized spacial score (nSPS) is 12.2. The van der Waals surface area contributed by atoms with Crippen LogP contribution in [0.4, 0.5) is 5.82 Å². The molecule has 0 aliphatic carbocycles. The van der Waals surface area contributed by atoms with Crippen molar-refractivity contribution < 1.29 is 4.79 Å². The summed E-state index contributed by atoms with van der Waals surface area (Å²) in [6.07, 6.45) is 2.15. The molecule has 0 aliphatic heterocycles. The Morgan fingerprint density at radius 3 is 2.94 bits per heavy atom. The van der Waals surface area contributed by atoms with Crippen molar-refractivity contribution in [3.8, 4) is 0 Å². The van der Waals surface area contributed by atoms with Crippen LogP contribution in [0.2, 0.25) is 0 Å². The summed E-state index contributed by atoms with van der Waals surface area (Å²) in [6.45, 7) is 6.86. The van der Waals surface area contributed by atoms with Gasteiger partial charge in [-0.25, -0.2) is 4.98 Å². The molecular weight excluding hydrogens is 202 g/mol. The summed E-state index contributed by atoms with van der Waals surface area (Å²) in [7, 11) is 0. The second-order valence-electron chi connectivity index (χ2n) is 3.93. The largest absolute Gasteiger partial charge is 0.314 e. The molecule has 2 N–H and O–H groups in total. The molecule has 88 valence electrons. The van der Waals surface area contributed by atoms with Crippen LogP contribution >= 0.6 is 0 Å². The van der Waals surface area contributed by atoms with Crippen molar-refractivity contribution in [3.05, 3.63) is 23.9 Å². The topological polar surface area (TPSA) is 54.0 Å². The Morgan fingerprint density at radius 1 is 1.56 bits per heavy atom. The van der Waals surface area contributed by atoms with Crippen LogP contribution in [0.25, 0.3) is 0 Å². The molecule has 0 bridgehead atoms. The third-order valence-corrected chi connectivity index (χ3v) is 2.23. The van der Waals surface area contributed by atoms with Gasteiger partial charge in [0.25, 0.3) is 0 Å². The van der Waals surface area contributed by atoms with Crippen molar-refractivity contribution >= 4 is 11.7 Å². The average Bonchev–Trinajstić information content (AvgIpc) is 2.17. The van der Waals surface area contributed by atoms with Gasteiger partial charge in [-0.05, 0) is 38.1 Å². The Kier molecular flexibility index (Phi) is 4.92. The Bertz CT molecular complexity index is 352. The van der Waals surface area contributed by atoms with Crippen LogP contribution in [0.15, 0.2) is 18.3 Å². The van der Waals surface area contributed by atoms with Gasteiger partial charge in [-0.15, -0.1) is 0 Å². The van der Waals surface area contributed by atoms with Crippen LogP contribution in [0.1, 0.15) is 25.8 Å². The Hall–Kier alpha value is -1.42. The molecule has 1 heterocycles. The molecule has 1 rings (SSSR count). The smallest absolute Gasteiger partial charge is 0.227 e. The zero-order valence-electron chi connectivity index (χ0n) is 10.1. The first-order chi connectivity index (χ1) is 7.61. The van der Waals surface area contributed by atoms with Crippen molar-refractivity contribution in [1.29, 1.82) is 0 Å². The lowest BCUT2D eigenvalue weighted by molar-refractivity contribution is -0.116. The highest BCUT2D eigenvalue weighted by Crippen LogP contribution is 2.06. The molecule has 1 amide bonds. The summed E-state index contributed by atoms with van der Waals surface area (Å²) in [6, 6.07) is 3.95. The maximum absolute atomic E-state index is 11.6. The number of aryl methyl sites for hydroxylation is 1. The summed E-state index contributed by atoms with van der Waals surface area (Å²) >= 11 is 0. The number of pyridine rings is 1. The Balaban J connectivity index is 2.45. The fourth-order valence-corrected chi connectivity index (χ4v) is 1.50. The summed E-state index contributed by atoms with van der Waals surface area (Å²) in [5.74, 6) is 0.611. The van der Waals surface area contributed by atoms with Gasteiger partial charge in [0, 0.05) is 18.7 Å². The van der Waals surface area contributed by atoms with Gasteiger partial charge < -0.3 is 10.6 Å². The number of rotatable bonds is 5. The van der Waals surface area contributed by atoms with Crippen molar-refractivity contribution in [2.45, 2.75) is 33.2 Å². The number of amides is 1. The van der Waals surface area contributed by atoms with E-state index in [0.29, 0.717) is 12.2 Å². The summed E-state index contributed by atoms with van der Waals surface area (Å²) in [4.78, 5) is 15.7. The van der Waals surface area contributed by atoms with Crippen LogP contribution in [-0.4, -0.2) is 23.5 Å². The van der Waals surface area contributed by atoms with Gasteiger partial charge in [0.2, 0.25) is 5.91 Å². The number of aromatic nitrogens is 1. The lowest BCUT2D eigenvalue weighted by atomic mass is 10.2. The van der Waals surface area contributed by atoms with Crippen molar-refractivity contribution in [3.63, 3.8) is 0 Å². The summed E-state index contributed by atoms with van der Waals surface area (Å²) in [5.41, 5.74) is 1.09. The molecule has 0 aliphatic rings. The van der Waals surface area contributed by atoms with Crippen LogP contribution < -0.4 is 10.6 Å². The lowest BCUT2D eigenvalue weighted by Gasteiger charge is -2.11. The number of carbonyl (C=O) groups is 1. The molecule has 16 heavy (non-hydrogen) atoms. The number of nitrogens with one attached hydrogen (secondary N) is 2. The van der Waals surface area contributed by atoms with Gasteiger partial charge in [-0.2, -0.15) is 0 Å². The average molecular weight is 221 g/mol. The zero-order valence-corrected chi connectivity index (χ0v) is 10.1. The first-order valence-electron chi connectivity index (χ1n) is 5.57. The van der Waals surface area contributed by atoms with Crippen LogP contribution in [-0.2, 0) is 4.79 Å². The molecule has 0 fully saturated rings. The molecule has 0 spiro atoms. The number of hydrogen-bond acceptors (Lipinski definition) is 3. The van der Waals surface area contributed by atoms with E-state index >= 15 is 0 Å². The highest BCUT2D eigenvalue weighted by atomic mass is 16.1. The van der Waals surface area contributed by atoms with E-state index in [1.165, 1.54) is 0 Å². The van der Waals surface area contributed by atoms with Crippen molar-refractivity contribution in [1.82, 2.24) is 10.3 Å². The zero-order chi connectivity index (χ0) is 12.0. The van der Waals surface area contributed by atoms with Crippen LogP contribution in [0, 0.1) is 6.92 Å². The molecule has 0 saturated heterocycles. The van der Waals surface area contributed by atoms with Gasteiger partial charge in [-0.3, -0.25) is 4.79 Å². The molecule has 4 nitrogen and oxygen atoms in total. The van der Waals surface area contributed by atoms with Gasteiger partial charge in [0.1, 0.15) is 5.82 Å². The molecule has 0 aromatic carbocycles. The predicted octanol–water partition coefficient (Wildman–Crippen LogP) is 1.72. The van der Waals surface area contributed by atoms with Gasteiger partial charge in [0.05, 0.1) is 0 Å². The monoisotopic (exact) mass is 221 g/mol. The minimum Gasteiger partial charge on any atom is -0.314 e. The number of anilines is 1. The van der Waals surface area contributed by atoms with E-state index in [2.05, 4.69) is 15.6 Å². The first kappa shape index (κ1) is 12.6. The number of carbonyl (C=O) groups excluding carboxylic acids is 1. The van der Waals surface area contributed by atoms with E-state index in [0.717, 1.165) is 12.1 Å².